The molecule has 90 valence electrons. The third-order valence-corrected chi connectivity index (χ3v) is 2.45. The molecule has 1 heterocycles. The third-order valence-electron chi connectivity index (χ3n) is 2.22. The molecule has 0 fully saturated rings. The van der Waals surface area contributed by atoms with E-state index in [9.17, 15) is 0 Å². The highest BCUT2D eigenvalue weighted by Crippen LogP contribution is 2.31. The van der Waals surface area contributed by atoms with Crippen molar-refractivity contribution in [2.75, 3.05) is 13.7 Å². The van der Waals surface area contributed by atoms with Crippen LogP contribution in [0.4, 0.5) is 0 Å². The number of ether oxygens (including phenoxy) is 1. The van der Waals surface area contributed by atoms with Crippen molar-refractivity contribution in [3.05, 3.63) is 29.1 Å². The van der Waals surface area contributed by atoms with Gasteiger partial charge < -0.3 is 14.9 Å². The lowest BCUT2D eigenvalue weighted by molar-refractivity contribution is 0.413. The number of hydrogen-bond acceptors (Lipinski definition) is 5. The second-order valence-corrected chi connectivity index (χ2v) is 3.82. The van der Waals surface area contributed by atoms with E-state index in [-0.39, 0.29) is 0 Å². The van der Waals surface area contributed by atoms with Crippen molar-refractivity contribution >= 4 is 11.6 Å². The highest BCUT2D eigenvalue weighted by molar-refractivity contribution is 6.30. The molecule has 0 aliphatic carbocycles. The molecule has 0 spiro atoms. The first-order chi connectivity index (χ1) is 8.24. The van der Waals surface area contributed by atoms with Crippen LogP contribution >= 0.6 is 11.6 Å². The van der Waals surface area contributed by atoms with Gasteiger partial charge in [0.1, 0.15) is 5.75 Å². The average Bonchev–Trinajstić information content (AvgIpc) is 2.78. The fraction of sp³-hybridized carbons (Fsp3) is 0.273. The van der Waals surface area contributed by atoms with Gasteiger partial charge in [-0.3, -0.25) is 0 Å². The summed E-state index contributed by atoms with van der Waals surface area (Å²) in [5.74, 6) is 1.52. The van der Waals surface area contributed by atoms with Gasteiger partial charge in [0, 0.05) is 18.0 Å². The van der Waals surface area contributed by atoms with Crippen LogP contribution in [-0.2, 0) is 6.42 Å². The lowest BCUT2D eigenvalue weighted by Gasteiger charge is -2.04. The summed E-state index contributed by atoms with van der Waals surface area (Å²) in [7, 11) is 1.57. The monoisotopic (exact) mass is 253 g/mol. The summed E-state index contributed by atoms with van der Waals surface area (Å²) in [5, 5.41) is 8.42. The topological polar surface area (TPSA) is 74.2 Å². The smallest absolute Gasteiger partial charge is 0.251 e. The number of aromatic nitrogens is 2. The van der Waals surface area contributed by atoms with Gasteiger partial charge in [0.05, 0.1) is 12.7 Å². The first kappa shape index (κ1) is 11.9. The number of hydrogen-bond donors (Lipinski definition) is 1. The highest BCUT2D eigenvalue weighted by atomic mass is 35.5. The highest BCUT2D eigenvalue weighted by Gasteiger charge is 2.13. The maximum Gasteiger partial charge on any atom is 0.251 e. The summed E-state index contributed by atoms with van der Waals surface area (Å²) in [6.45, 7) is 0.467. The van der Waals surface area contributed by atoms with Crippen LogP contribution in [0.2, 0.25) is 5.02 Å². The second kappa shape index (κ2) is 5.16. The van der Waals surface area contributed by atoms with Crippen LogP contribution in [0.25, 0.3) is 11.5 Å². The Kier molecular flexibility index (Phi) is 3.61. The minimum atomic E-state index is 0.382. The van der Waals surface area contributed by atoms with E-state index in [1.165, 1.54) is 0 Å². The molecule has 2 rings (SSSR count). The number of rotatable bonds is 4. The molecule has 0 radical (unpaired) electrons. The van der Waals surface area contributed by atoms with Crippen molar-refractivity contribution in [3.63, 3.8) is 0 Å². The molecule has 2 aromatic rings. The van der Waals surface area contributed by atoms with E-state index in [1.54, 1.807) is 25.3 Å². The largest absolute Gasteiger partial charge is 0.496 e. The molecule has 2 N–H and O–H groups in total. The summed E-state index contributed by atoms with van der Waals surface area (Å²) in [5.41, 5.74) is 6.09. The van der Waals surface area contributed by atoms with Crippen LogP contribution < -0.4 is 10.5 Å². The van der Waals surface area contributed by atoms with Gasteiger partial charge in [0.15, 0.2) is 0 Å². The van der Waals surface area contributed by atoms with E-state index in [1.807, 2.05) is 0 Å². The van der Waals surface area contributed by atoms with Crippen LogP contribution in [-0.4, -0.2) is 23.9 Å². The van der Waals surface area contributed by atoms with Crippen LogP contribution in [0.3, 0.4) is 0 Å². The summed E-state index contributed by atoms with van der Waals surface area (Å²) < 4.78 is 10.7. The van der Waals surface area contributed by atoms with E-state index in [2.05, 4.69) is 10.2 Å². The Hall–Kier alpha value is -1.59. The van der Waals surface area contributed by atoms with Crippen molar-refractivity contribution in [1.82, 2.24) is 10.2 Å². The van der Waals surface area contributed by atoms with Gasteiger partial charge in [-0.2, -0.15) is 0 Å². The molecule has 1 aromatic heterocycles. The number of nitrogens with zero attached hydrogens (tertiary/aromatic N) is 2. The maximum atomic E-state index is 5.93. The number of halogens is 1. The van der Waals surface area contributed by atoms with Gasteiger partial charge >= 0.3 is 0 Å². The zero-order valence-electron chi connectivity index (χ0n) is 9.31. The first-order valence-corrected chi connectivity index (χ1v) is 5.48. The fourth-order valence-electron chi connectivity index (χ4n) is 1.43. The Morgan fingerprint density at radius 3 is 2.94 bits per heavy atom. The minimum Gasteiger partial charge on any atom is -0.496 e. The SMILES string of the molecule is COc1ccc(Cl)cc1-c1nnc(CCN)o1. The predicted octanol–water partition coefficient (Wildman–Crippen LogP) is 1.90. The van der Waals surface area contributed by atoms with Crippen molar-refractivity contribution in [2.45, 2.75) is 6.42 Å². The Morgan fingerprint density at radius 2 is 2.24 bits per heavy atom. The number of methoxy groups -OCH3 is 1. The Morgan fingerprint density at radius 1 is 1.41 bits per heavy atom. The molecular weight excluding hydrogens is 242 g/mol. The quantitative estimate of drug-likeness (QED) is 0.901. The zero-order valence-corrected chi connectivity index (χ0v) is 10.1. The molecule has 0 unspecified atom stereocenters. The molecule has 0 amide bonds. The van der Waals surface area contributed by atoms with Crippen LogP contribution in [0, 0.1) is 0 Å². The Bertz CT molecular complexity index is 513. The molecule has 0 aliphatic rings. The van der Waals surface area contributed by atoms with Gasteiger partial charge in [-0.15, -0.1) is 10.2 Å². The molecule has 0 aliphatic heterocycles. The molecule has 0 saturated carbocycles. The summed E-state index contributed by atoms with van der Waals surface area (Å²) in [6.07, 6.45) is 0.551. The number of benzene rings is 1. The molecule has 1 aromatic carbocycles. The second-order valence-electron chi connectivity index (χ2n) is 3.38. The maximum absolute atomic E-state index is 5.93. The third kappa shape index (κ3) is 2.57. The van der Waals surface area contributed by atoms with Gasteiger partial charge in [-0.25, -0.2) is 0 Å². The van der Waals surface area contributed by atoms with E-state index >= 15 is 0 Å². The van der Waals surface area contributed by atoms with Crippen molar-refractivity contribution in [3.8, 4) is 17.2 Å². The lowest BCUT2D eigenvalue weighted by atomic mass is 10.2. The molecule has 6 heteroatoms. The summed E-state index contributed by atoms with van der Waals surface area (Å²) >= 11 is 5.93. The molecular formula is C11H12ClN3O2. The van der Waals surface area contributed by atoms with E-state index in [0.717, 1.165) is 0 Å². The van der Waals surface area contributed by atoms with Gasteiger partial charge in [-0.1, -0.05) is 11.6 Å². The van der Waals surface area contributed by atoms with Crippen molar-refractivity contribution < 1.29 is 9.15 Å². The van der Waals surface area contributed by atoms with Crippen LogP contribution in [0.15, 0.2) is 22.6 Å². The van der Waals surface area contributed by atoms with Gasteiger partial charge in [0.25, 0.3) is 5.89 Å². The van der Waals surface area contributed by atoms with E-state index in [0.29, 0.717) is 41.1 Å². The molecule has 0 saturated heterocycles. The normalized spacial score (nSPS) is 10.5. The Labute approximate surface area is 104 Å². The first-order valence-electron chi connectivity index (χ1n) is 5.11. The minimum absolute atomic E-state index is 0.382. The average molecular weight is 254 g/mol. The molecule has 5 nitrogen and oxygen atoms in total. The summed E-state index contributed by atoms with van der Waals surface area (Å²) in [6, 6.07) is 5.21. The van der Waals surface area contributed by atoms with Crippen LogP contribution in [0.1, 0.15) is 5.89 Å². The predicted molar refractivity (Wildman–Crippen MR) is 64.1 cm³/mol. The summed E-state index contributed by atoms with van der Waals surface area (Å²) in [4.78, 5) is 0. The number of nitrogens with two attached hydrogens (primary N) is 1. The molecule has 17 heavy (non-hydrogen) atoms. The lowest BCUT2D eigenvalue weighted by Crippen LogP contribution is -2.02. The van der Waals surface area contributed by atoms with Crippen molar-refractivity contribution in [2.24, 2.45) is 5.73 Å². The zero-order chi connectivity index (χ0) is 12.3. The van der Waals surface area contributed by atoms with E-state index in [4.69, 9.17) is 26.5 Å². The van der Waals surface area contributed by atoms with Gasteiger partial charge in [0.2, 0.25) is 5.89 Å². The Balaban J connectivity index is 2.40. The van der Waals surface area contributed by atoms with E-state index < -0.39 is 0 Å². The molecule has 0 bridgehead atoms. The standard InChI is InChI=1S/C11H12ClN3O2/c1-16-9-3-2-7(12)6-8(9)11-15-14-10(17-11)4-5-13/h2-3,6H,4-5,13H2,1H3. The fourth-order valence-corrected chi connectivity index (χ4v) is 1.61. The molecule has 0 atom stereocenters. The van der Waals surface area contributed by atoms with Gasteiger partial charge in [-0.05, 0) is 18.2 Å². The van der Waals surface area contributed by atoms with Crippen LogP contribution in [0.5, 0.6) is 5.75 Å². The van der Waals surface area contributed by atoms with Crippen molar-refractivity contribution in [1.29, 1.82) is 0 Å².